The second kappa shape index (κ2) is 10.3. The number of benzene rings is 2. The van der Waals surface area contributed by atoms with Crippen LogP contribution < -0.4 is 0 Å². The van der Waals surface area contributed by atoms with Gasteiger partial charge in [-0.3, -0.25) is 0 Å². The fourth-order valence-electron chi connectivity index (χ4n) is 3.49. The van der Waals surface area contributed by atoms with Crippen molar-refractivity contribution in [3.8, 4) is 0 Å². The number of carboxylic acid groups (broad SMARTS) is 1. The van der Waals surface area contributed by atoms with Crippen LogP contribution in [0.1, 0.15) is 65.4 Å². The summed E-state index contributed by atoms with van der Waals surface area (Å²) in [5.41, 5.74) is 2.89. The van der Waals surface area contributed by atoms with Crippen LogP contribution in [0.25, 0.3) is 0 Å². The molecule has 32 heavy (non-hydrogen) atoms. The molecule has 0 aliphatic heterocycles. The zero-order chi connectivity index (χ0) is 23.1. The van der Waals surface area contributed by atoms with Crippen molar-refractivity contribution in [3.05, 3.63) is 94.6 Å². The maximum Gasteiger partial charge on any atom is 0.335 e. The van der Waals surface area contributed by atoms with Gasteiger partial charge in [-0.1, -0.05) is 61.5 Å². The first kappa shape index (κ1) is 23.3. The van der Waals surface area contributed by atoms with Gasteiger partial charge in [-0.05, 0) is 42.5 Å². The van der Waals surface area contributed by atoms with Crippen molar-refractivity contribution in [1.82, 2.24) is 14.8 Å². The summed E-state index contributed by atoms with van der Waals surface area (Å²) >= 11 is 0. The van der Waals surface area contributed by atoms with Crippen LogP contribution in [-0.4, -0.2) is 25.8 Å². The molecule has 0 aliphatic rings. The molecule has 0 fully saturated rings. The Hall–Kier alpha value is -3.35. The van der Waals surface area contributed by atoms with Gasteiger partial charge in [0, 0.05) is 12.8 Å². The first-order valence-electron chi connectivity index (χ1n) is 10.7. The Morgan fingerprint density at radius 2 is 1.81 bits per heavy atom. The number of halogens is 2. The third-order valence-corrected chi connectivity index (χ3v) is 5.17. The van der Waals surface area contributed by atoms with Crippen LogP contribution >= 0.6 is 0 Å². The largest absolute Gasteiger partial charge is 0.478 e. The fraction of sp³-hybridized carbons (Fsp3) is 0.320. The van der Waals surface area contributed by atoms with Crippen molar-refractivity contribution in [2.75, 3.05) is 0 Å². The van der Waals surface area contributed by atoms with E-state index in [9.17, 15) is 18.7 Å². The zero-order valence-electron chi connectivity index (χ0n) is 18.3. The topological polar surface area (TPSA) is 68.0 Å². The molecule has 5 nitrogen and oxygen atoms in total. The summed E-state index contributed by atoms with van der Waals surface area (Å²) in [6.07, 6.45) is 4.70. The molecular weight excluding hydrogens is 412 g/mol. The SMILES string of the molecule is CC=CCc1nc(C(F)(F)CCC)nn1Cc1ccc(Cc2ccccc2C(=O)O)cc1. The molecule has 3 aromatic rings. The maximum absolute atomic E-state index is 14.4. The highest BCUT2D eigenvalue weighted by Crippen LogP contribution is 2.30. The summed E-state index contributed by atoms with van der Waals surface area (Å²) < 4.78 is 30.3. The minimum absolute atomic E-state index is 0.285. The summed E-state index contributed by atoms with van der Waals surface area (Å²) in [6.45, 7) is 3.91. The van der Waals surface area contributed by atoms with E-state index in [2.05, 4.69) is 10.1 Å². The molecule has 0 amide bonds. The summed E-state index contributed by atoms with van der Waals surface area (Å²) in [7, 11) is 0. The zero-order valence-corrected chi connectivity index (χ0v) is 18.3. The molecule has 0 saturated heterocycles. The highest BCUT2D eigenvalue weighted by Gasteiger charge is 2.36. The predicted molar refractivity (Wildman–Crippen MR) is 119 cm³/mol. The first-order chi connectivity index (χ1) is 15.3. The number of hydrogen-bond acceptors (Lipinski definition) is 3. The van der Waals surface area contributed by atoms with Gasteiger partial charge in [-0.2, -0.15) is 8.78 Å². The van der Waals surface area contributed by atoms with E-state index < -0.39 is 17.7 Å². The normalized spacial score (nSPS) is 11.9. The molecule has 0 spiro atoms. The first-order valence-corrected chi connectivity index (χ1v) is 10.7. The van der Waals surface area contributed by atoms with E-state index in [1.165, 1.54) is 4.68 Å². The lowest BCUT2D eigenvalue weighted by Crippen LogP contribution is -2.15. The van der Waals surface area contributed by atoms with Gasteiger partial charge in [0.1, 0.15) is 5.82 Å². The Morgan fingerprint density at radius 3 is 2.47 bits per heavy atom. The number of nitrogens with zero attached hydrogens (tertiary/aromatic N) is 3. The van der Waals surface area contributed by atoms with Gasteiger partial charge >= 0.3 is 11.9 Å². The van der Waals surface area contributed by atoms with Crippen molar-refractivity contribution in [3.63, 3.8) is 0 Å². The van der Waals surface area contributed by atoms with E-state index in [4.69, 9.17) is 0 Å². The van der Waals surface area contributed by atoms with E-state index in [1.54, 1.807) is 25.1 Å². The Balaban J connectivity index is 1.80. The van der Waals surface area contributed by atoms with Crippen LogP contribution in [0.15, 0.2) is 60.7 Å². The van der Waals surface area contributed by atoms with E-state index in [0.717, 1.165) is 16.7 Å². The number of carboxylic acids is 1. The van der Waals surface area contributed by atoms with Crippen LogP contribution in [0.5, 0.6) is 0 Å². The molecule has 0 atom stereocenters. The van der Waals surface area contributed by atoms with Crippen LogP contribution in [0.3, 0.4) is 0 Å². The molecule has 0 saturated carbocycles. The highest BCUT2D eigenvalue weighted by molar-refractivity contribution is 5.89. The Kier molecular flexibility index (Phi) is 7.51. The maximum atomic E-state index is 14.4. The molecule has 1 N–H and O–H groups in total. The number of alkyl halides is 2. The van der Waals surface area contributed by atoms with Gasteiger partial charge in [0.15, 0.2) is 0 Å². The molecule has 0 radical (unpaired) electrons. The molecular formula is C25H27F2N3O2. The van der Waals surface area contributed by atoms with E-state index in [-0.39, 0.29) is 12.0 Å². The minimum Gasteiger partial charge on any atom is -0.478 e. The number of rotatable bonds is 10. The van der Waals surface area contributed by atoms with E-state index in [1.807, 2.05) is 49.4 Å². The average molecular weight is 440 g/mol. The van der Waals surface area contributed by atoms with Crippen molar-refractivity contribution in [1.29, 1.82) is 0 Å². The summed E-state index contributed by atoms with van der Waals surface area (Å²) in [6, 6.07) is 14.6. The van der Waals surface area contributed by atoms with Crippen LogP contribution in [0.2, 0.25) is 0 Å². The van der Waals surface area contributed by atoms with Crippen molar-refractivity contribution in [2.24, 2.45) is 0 Å². The molecule has 2 aromatic carbocycles. The van der Waals surface area contributed by atoms with Gasteiger partial charge in [-0.15, -0.1) is 5.10 Å². The molecule has 0 bridgehead atoms. The Morgan fingerprint density at radius 1 is 1.12 bits per heavy atom. The van der Waals surface area contributed by atoms with Gasteiger partial charge in [0.05, 0.1) is 12.1 Å². The molecule has 3 rings (SSSR count). The Bertz CT molecular complexity index is 1090. The van der Waals surface area contributed by atoms with Crippen LogP contribution in [0.4, 0.5) is 8.78 Å². The van der Waals surface area contributed by atoms with Crippen molar-refractivity contribution < 1.29 is 18.7 Å². The lowest BCUT2D eigenvalue weighted by atomic mass is 9.99. The van der Waals surface area contributed by atoms with Crippen molar-refractivity contribution in [2.45, 2.75) is 52.0 Å². The van der Waals surface area contributed by atoms with Crippen LogP contribution in [-0.2, 0) is 25.3 Å². The third-order valence-electron chi connectivity index (χ3n) is 5.17. The second-order valence-electron chi connectivity index (χ2n) is 7.69. The van der Waals surface area contributed by atoms with Gasteiger partial charge < -0.3 is 5.11 Å². The molecule has 1 aromatic heterocycles. The number of aromatic nitrogens is 3. The lowest BCUT2D eigenvalue weighted by molar-refractivity contribution is -0.0232. The third kappa shape index (κ3) is 5.66. The summed E-state index contributed by atoms with van der Waals surface area (Å²) in [4.78, 5) is 15.5. The monoisotopic (exact) mass is 439 g/mol. The van der Waals surface area contributed by atoms with Crippen molar-refractivity contribution >= 4 is 5.97 Å². The summed E-state index contributed by atoms with van der Waals surface area (Å²) in [5.74, 6) is -3.94. The molecule has 1 heterocycles. The quantitative estimate of drug-likeness (QED) is 0.416. The Labute approximate surface area is 186 Å². The average Bonchev–Trinajstić information content (AvgIpc) is 3.17. The number of allylic oxidation sites excluding steroid dienone is 2. The van der Waals surface area contributed by atoms with Gasteiger partial charge in [0.2, 0.25) is 5.82 Å². The van der Waals surface area contributed by atoms with Gasteiger partial charge in [0.25, 0.3) is 0 Å². The number of hydrogen-bond donors (Lipinski definition) is 1. The minimum atomic E-state index is -3.05. The molecule has 0 aliphatic carbocycles. The summed E-state index contributed by atoms with van der Waals surface area (Å²) in [5, 5.41) is 13.5. The predicted octanol–water partition coefficient (Wildman–Crippen LogP) is 5.63. The number of carbonyl (C=O) groups is 1. The smallest absolute Gasteiger partial charge is 0.335 e. The second-order valence-corrected chi connectivity index (χ2v) is 7.69. The molecule has 168 valence electrons. The van der Waals surface area contributed by atoms with E-state index in [0.29, 0.717) is 31.6 Å². The molecule has 0 unspecified atom stereocenters. The standard InChI is InChI=1S/C25H27F2N3O2/c1-3-5-10-22-28-24(25(26,27)15-4-2)29-30(22)17-19-13-11-18(12-14-19)16-20-8-6-7-9-21(20)23(31)32/h3,5-9,11-14H,4,10,15-17H2,1-2H3,(H,31,32). The highest BCUT2D eigenvalue weighted by atomic mass is 19.3. The van der Waals surface area contributed by atoms with Gasteiger partial charge in [-0.25, -0.2) is 14.5 Å². The molecule has 7 heteroatoms. The van der Waals surface area contributed by atoms with Crippen LogP contribution in [0, 0.1) is 0 Å². The van der Waals surface area contributed by atoms with E-state index >= 15 is 0 Å². The fourth-order valence-corrected chi connectivity index (χ4v) is 3.49. The lowest BCUT2D eigenvalue weighted by Gasteiger charge is -2.10. The number of aromatic carboxylic acids is 1.